The number of nitrogen functional groups attached to an aromatic ring is 1. The molecule has 0 bridgehead atoms. The number of ether oxygens (including phenoxy) is 1. The Morgan fingerprint density at radius 3 is 2.77 bits per heavy atom. The van der Waals surface area contributed by atoms with Gasteiger partial charge in [0.25, 0.3) is 0 Å². The van der Waals surface area contributed by atoms with E-state index in [0.29, 0.717) is 36.8 Å². The second kappa shape index (κ2) is 11.5. The van der Waals surface area contributed by atoms with Crippen molar-refractivity contribution in [3.63, 3.8) is 0 Å². The molecule has 3 aliphatic rings. The van der Waals surface area contributed by atoms with Gasteiger partial charge in [-0.05, 0) is 37.8 Å². The zero-order chi connectivity index (χ0) is 25.3. The Bertz CT molecular complexity index is 978. The van der Waals surface area contributed by atoms with Crippen LogP contribution in [0.3, 0.4) is 0 Å². The molecule has 1 aliphatic heterocycles. The van der Waals surface area contributed by atoms with Crippen molar-refractivity contribution in [3.8, 4) is 0 Å². The number of aliphatic imine (C=N–C) groups is 1. The zero-order valence-corrected chi connectivity index (χ0v) is 22.9. The highest BCUT2D eigenvalue weighted by Gasteiger charge is 2.72. The van der Waals surface area contributed by atoms with Crippen molar-refractivity contribution in [1.82, 2.24) is 9.97 Å². The van der Waals surface area contributed by atoms with Crippen LogP contribution in [0.2, 0.25) is 5.28 Å². The smallest absolute Gasteiger partial charge is 0.224 e. The molecule has 0 aromatic carbocycles. The predicted molar refractivity (Wildman–Crippen MR) is 140 cm³/mol. The Morgan fingerprint density at radius 1 is 1.29 bits per heavy atom. The van der Waals surface area contributed by atoms with Gasteiger partial charge in [-0.2, -0.15) is 4.98 Å². The van der Waals surface area contributed by atoms with Crippen LogP contribution in [0.25, 0.3) is 0 Å². The van der Waals surface area contributed by atoms with Gasteiger partial charge in [0.2, 0.25) is 5.28 Å². The van der Waals surface area contributed by atoms with Crippen molar-refractivity contribution in [2.45, 2.75) is 49.3 Å². The molecule has 5 N–H and O–H groups in total. The summed E-state index contributed by atoms with van der Waals surface area (Å²) < 4.78 is 24.0. The average Bonchev–Trinajstić information content (AvgIpc) is 3.26. The highest BCUT2D eigenvalue weighted by atomic mass is 35.5. The summed E-state index contributed by atoms with van der Waals surface area (Å²) in [5.74, 6) is 0.843. The number of anilines is 1. The van der Waals surface area contributed by atoms with Gasteiger partial charge in [-0.15, -0.1) is 23.5 Å². The number of hydrogen-bond acceptors (Lipinski definition) is 12. The molecule has 0 spiro atoms. The first-order valence-corrected chi connectivity index (χ1v) is 15.6. The number of rotatable bonds is 13. The largest absolute Gasteiger partial charge is 0.390 e. The van der Waals surface area contributed by atoms with Gasteiger partial charge in [-0.1, -0.05) is 0 Å². The average molecular weight is 567 g/mol. The normalized spacial score (nSPS) is 33.4. The first-order valence-electron chi connectivity index (χ1n) is 11.6. The maximum absolute atomic E-state index is 12.7. The molecule has 9 atom stereocenters. The molecule has 10 nitrogen and oxygen atoms in total. The van der Waals surface area contributed by atoms with Crippen molar-refractivity contribution in [1.29, 1.82) is 0 Å². The fourth-order valence-corrected chi connectivity index (χ4v) is 8.42. The Labute approximate surface area is 218 Å². The van der Waals surface area contributed by atoms with E-state index in [0.717, 1.165) is 5.75 Å². The van der Waals surface area contributed by atoms with Crippen LogP contribution in [0.1, 0.15) is 31.9 Å². The van der Waals surface area contributed by atoms with Gasteiger partial charge in [0.15, 0.2) is 13.8 Å². The summed E-state index contributed by atoms with van der Waals surface area (Å²) in [7, 11) is -2.40. The monoisotopic (exact) mass is 566 g/mol. The highest BCUT2D eigenvalue weighted by Crippen LogP contribution is 2.71. The van der Waals surface area contributed by atoms with E-state index < -0.39 is 31.1 Å². The quantitative estimate of drug-likeness (QED) is 0.120. The molecule has 4 unspecified atom stereocenters. The molecule has 35 heavy (non-hydrogen) atoms. The predicted octanol–water partition coefficient (Wildman–Crippen LogP) is 2.53. The standard InChI is InChI=1S/C21H32ClN4O6PS2/c1-10(27)34-5-3-31-11(2)35-6-4-32-33(30)9-21-7-13(21)14(17(28)18(21)29)12-8-24-16-15(12)25-20(22)26-19(16)23/h8,10-14,17-18,27-29,33H,3-7,9H2,1-2H3,(H2,23,25,26)/t10?,11?,12?,13-,14-,17+,18+,21-/m1/s1. The summed E-state index contributed by atoms with van der Waals surface area (Å²) in [4.78, 5) is 12.5. The molecule has 196 valence electrons. The van der Waals surface area contributed by atoms with E-state index in [-0.39, 0.29) is 40.5 Å². The lowest BCUT2D eigenvalue weighted by molar-refractivity contribution is -0.0178. The van der Waals surface area contributed by atoms with Crippen LogP contribution in [0, 0.1) is 17.3 Å². The van der Waals surface area contributed by atoms with Crippen LogP contribution in [0.5, 0.6) is 0 Å². The van der Waals surface area contributed by atoms with Crippen LogP contribution in [-0.4, -0.2) is 85.5 Å². The first kappa shape index (κ1) is 27.6. The number of aromatic nitrogens is 2. The third-order valence-corrected chi connectivity index (χ3v) is 10.5. The molecule has 2 saturated carbocycles. The van der Waals surface area contributed by atoms with E-state index in [1.165, 1.54) is 11.8 Å². The minimum Gasteiger partial charge on any atom is -0.390 e. The SMILES string of the molecule is CC(O)SCCOC(C)SCCO[PH](=O)C[C@]12C[C@@H]1[C@@H](C1C=Nc3c(N)nc(Cl)nc31)[C@H](O)[C@@H]2O. The molecule has 1 aromatic heterocycles. The van der Waals surface area contributed by atoms with Crippen LogP contribution in [0.15, 0.2) is 4.99 Å². The molecule has 4 rings (SSSR count). The van der Waals surface area contributed by atoms with Crippen molar-refractivity contribution >= 4 is 60.9 Å². The van der Waals surface area contributed by atoms with E-state index >= 15 is 0 Å². The third-order valence-electron chi connectivity index (χ3n) is 6.92. The van der Waals surface area contributed by atoms with Crippen molar-refractivity contribution in [2.24, 2.45) is 22.2 Å². The van der Waals surface area contributed by atoms with Gasteiger partial charge in [0, 0.05) is 41.1 Å². The van der Waals surface area contributed by atoms with Gasteiger partial charge in [0.05, 0.1) is 36.6 Å². The Kier molecular flexibility index (Phi) is 9.09. The number of thioether (sulfide) groups is 2. The van der Waals surface area contributed by atoms with Crippen LogP contribution in [-0.2, 0) is 13.8 Å². The first-order chi connectivity index (χ1) is 16.6. The highest BCUT2D eigenvalue weighted by molar-refractivity contribution is 8.00. The van der Waals surface area contributed by atoms with Gasteiger partial charge >= 0.3 is 0 Å². The maximum atomic E-state index is 12.7. The number of halogens is 1. The lowest BCUT2D eigenvalue weighted by atomic mass is 9.84. The number of nitrogens with two attached hydrogens (primary N) is 1. The molecule has 1 aromatic rings. The number of hydrogen-bond donors (Lipinski definition) is 4. The van der Waals surface area contributed by atoms with Gasteiger partial charge in [-0.3, -0.25) is 9.56 Å². The van der Waals surface area contributed by atoms with Crippen molar-refractivity contribution < 1.29 is 29.1 Å². The van der Waals surface area contributed by atoms with Crippen LogP contribution in [0.4, 0.5) is 11.5 Å². The van der Waals surface area contributed by atoms with Crippen molar-refractivity contribution in [3.05, 3.63) is 11.0 Å². The van der Waals surface area contributed by atoms with Gasteiger partial charge < -0.3 is 30.3 Å². The summed E-state index contributed by atoms with van der Waals surface area (Å²) in [6, 6.07) is 0. The Balaban J connectivity index is 1.25. The minimum absolute atomic E-state index is 0.0153. The third kappa shape index (κ3) is 6.02. The number of aliphatic hydroxyl groups excluding tert-OH is 3. The van der Waals surface area contributed by atoms with E-state index in [1.54, 1.807) is 24.9 Å². The molecule has 0 saturated heterocycles. The van der Waals surface area contributed by atoms with E-state index in [2.05, 4.69) is 15.0 Å². The Morgan fingerprint density at radius 2 is 2.03 bits per heavy atom. The van der Waals surface area contributed by atoms with Gasteiger partial charge in [-0.25, -0.2) is 4.98 Å². The molecule has 2 fully saturated rings. The molecule has 0 amide bonds. The molecule has 2 heterocycles. The minimum atomic E-state index is -2.40. The second-order valence-corrected chi connectivity index (χ2v) is 13.7. The Hall–Kier alpha value is -0.430. The topological polar surface area (TPSA) is 160 Å². The van der Waals surface area contributed by atoms with Gasteiger partial charge in [0.1, 0.15) is 11.1 Å². The molecular formula is C21H32ClN4O6PS2. The second-order valence-electron chi connectivity index (χ2n) is 9.15. The summed E-state index contributed by atoms with van der Waals surface area (Å²) in [5.41, 5.74) is 5.87. The van der Waals surface area contributed by atoms with Crippen LogP contribution < -0.4 is 5.73 Å². The van der Waals surface area contributed by atoms with E-state index in [1.807, 2.05) is 6.92 Å². The summed E-state index contributed by atoms with van der Waals surface area (Å²) in [6.45, 7) is 4.54. The summed E-state index contributed by atoms with van der Waals surface area (Å²) in [5, 5.41) is 31.0. The summed E-state index contributed by atoms with van der Waals surface area (Å²) in [6.07, 6.45) is 0.580. The number of aliphatic hydroxyl groups is 3. The fourth-order valence-electron chi connectivity index (χ4n) is 5.27. The summed E-state index contributed by atoms with van der Waals surface area (Å²) >= 11 is 8.98. The zero-order valence-electron chi connectivity index (χ0n) is 19.5. The van der Waals surface area contributed by atoms with Crippen LogP contribution >= 0.6 is 43.2 Å². The number of nitrogens with zero attached hydrogens (tertiary/aromatic N) is 3. The molecule has 0 radical (unpaired) electrons. The maximum Gasteiger partial charge on any atom is 0.224 e. The lowest BCUT2D eigenvalue weighted by Gasteiger charge is -2.26. The molecule has 14 heteroatoms. The lowest BCUT2D eigenvalue weighted by Crippen LogP contribution is -2.36. The van der Waals surface area contributed by atoms with E-state index in [4.69, 9.17) is 26.6 Å². The molecule has 2 aliphatic carbocycles. The number of fused-ring (bicyclic) bond motifs is 2. The fraction of sp³-hybridized carbons (Fsp3) is 0.762. The van der Waals surface area contributed by atoms with Crippen molar-refractivity contribution in [2.75, 3.05) is 36.6 Å². The molecular weight excluding hydrogens is 535 g/mol. The van der Waals surface area contributed by atoms with E-state index in [9.17, 15) is 19.9 Å².